The maximum Gasteiger partial charge on any atom is 0.514 e. The third kappa shape index (κ3) is 13.8. The minimum Gasteiger partial charge on any atom is -0.429 e. The number of aryl methyl sites for hydroxylation is 2. The number of nitrogens with zero attached hydrogens (tertiary/aromatic N) is 4. The Labute approximate surface area is 364 Å². The van der Waals surface area contributed by atoms with Gasteiger partial charge in [0.2, 0.25) is 23.6 Å². The van der Waals surface area contributed by atoms with Crippen LogP contribution in [0.5, 0.6) is 5.75 Å². The topological polar surface area (TPSA) is 216 Å². The highest BCUT2D eigenvalue weighted by Gasteiger charge is 2.46. The zero-order chi connectivity index (χ0) is 46.4. The zero-order valence-electron chi connectivity index (χ0n) is 37.8. The average molecular weight is 869 g/mol. The molecular formula is C44H64N6O12. The summed E-state index contributed by atoms with van der Waals surface area (Å²) in [6.07, 6.45) is -2.84. The van der Waals surface area contributed by atoms with Crippen LogP contribution >= 0.6 is 0 Å². The number of Topliss-reactive ketones (excluding diaryl/α,β-unsaturated/α-hetero) is 1. The molecule has 1 heterocycles. The number of likely N-dealkylation sites (N-methyl/N-ethyl adjacent to an activating group) is 2. The first-order valence-electron chi connectivity index (χ1n) is 20.8. The van der Waals surface area contributed by atoms with Gasteiger partial charge in [0.15, 0.2) is 5.78 Å². The van der Waals surface area contributed by atoms with Gasteiger partial charge in [-0.3, -0.25) is 39.0 Å². The fraction of sp³-hybridized carbons (Fsp3) is 0.591. The fourth-order valence-corrected chi connectivity index (χ4v) is 8.10. The molecule has 342 valence electrons. The molecule has 0 saturated carbocycles. The van der Waals surface area contributed by atoms with Gasteiger partial charge in [-0.05, 0) is 58.0 Å². The van der Waals surface area contributed by atoms with Crippen LogP contribution in [0.2, 0.25) is 0 Å². The summed E-state index contributed by atoms with van der Waals surface area (Å²) in [5, 5.41) is 16.5. The zero-order valence-corrected chi connectivity index (χ0v) is 37.8. The van der Waals surface area contributed by atoms with E-state index < -0.39 is 65.2 Å². The lowest BCUT2D eigenvalue weighted by Crippen LogP contribution is -2.53. The van der Waals surface area contributed by atoms with Crippen molar-refractivity contribution in [3.05, 3.63) is 69.3 Å². The minimum atomic E-state index is -1.11. The highest BCUT2D eigenvalue weighted by Crippen LogP contribution is 2.31. The minimum absolute atomic E-state index is 0.000839. The summed E-state index contributed by atoms with van der Waals surface area (Å²) in [7, 11) is 8.02. The van der Waals surface area contributed by atoms with Crippen molar-refractivity contribution in [3.8, 4) is 5.75 Å². The van der Waals surface area contributed by atoms with Crippen LogP contribution in [0.1, 0.15) is 74.9 Å². The van der Waals surface area contributed by atoms with Gasteiger partial charge < -0.3 is 39.4 Å². The van der Waals surface area contributed by atoms with E-state index in [9.17, 15) is 38.9 Å². The number of benzene rings is 2. The van der Waals surface area contributed by atoms with Gasteiger partial charge in [0.05, 0.1) is 67.2 Å². The van der Waals surface area contributed by atoms with Crippen LogP contribution in [0.15, 0.2) is 42.5 Å². The molecule has 0 bridgehead atoms. The van der Waals surface area contributed by atoms with E-state index in [-0.39, 0.29) is 67.4 Å². The molecule has 0 aliphatic carbocycles. The summed E-state index contributed by atoms with van der Waals surface area (Å²) >= 11 is 0. The molecule has 18 heteroatoms. The molecule has 7 atom stereocenters. The quantitative estimate of drug-likeness (QED) is 0.0562. The highest BCUT2D eigenvalue weighted by molar-refractivity contribution is 6.00. The molecule has 2 N–H and O–H groups in total. The number of nitrogens with one attached hydrogen (secondary N) is 2. The number of non-ortho nitro benzene ring substituents is 1. The Bertz CT molecular complexity index is 1880. The van der Waals surface area contributed by atoms with E-state index in [4.69, 9.17) is 18.9 Å². The molecule has 2 aromatic carbocycles. The monoisotopic (exact) mass is 868 g/mol. The number of hydrogen-bond acceptors (Lipinski definition) is 13. The number of hydrogen-bond donors (Lipinski definition) is 2. The van der Waals surface area contributed by atoms with Crippen molar-refractivity contribution in [1.29, 1.82) is 0 Å². The van der Waals surface area contributed by atoms with Crippen LogP contribution in [0, 0.1) is 35.8 Å². The Kier molecular flexibility index (Phi) is 19.4. The van der Waals surface area contributed by atoms with Crippen LogP contribution in [0.4, 0.5) is 10.5 Å². The van der Waals surface area contributed by atoms with Crippen LogP contribution in [-0.2, 0) is 33.4 Å². The van der Waals surface area contributed by atoms with E-state index in [2.05, 4.69) is 10.6 Å². The lowest BCUT2D eigenvalue weighted by atomic mass is 9.93. The van der Waals surface area contributed by atoms with Gasteiger partial charge in [-0.2, -0.15) is 0 Å². The normalized spacial score (nSPS) is 17.4. The SMILES string of the molecule is CCC[C@@H](C(CC(=O)N1CC(OC(=O)Oc2ccc([N+](=O)[O-])cc2)C[C@H]1C(OC)C(C)C(=O)NCC(=O)c1ccc(C)cc1C)OC)N(C)C(=O)CNC(=O)C(C(C)C)N(C)C. The number of amides is 4. The van der Waals surface area contributed by atoms with Gasteiger partial charge >= 0.3 is 6.16 Å². The molecule has 0 radical (unpaired) electrons. The molecule has 4 amide bonds. The van der Waals surface area contributed by atoms with Gasteiger partial charge in [-0.15, -0.1) is 0 Å². The van der Waals surface area contributed by atoms with Gasteiger partial charge in [0.25, 0.3) is 5.69 Å². The molecule has 0 aromatic heterocycles. The van der Waals surface area contributed by atoms with Gasteiger partial charge in [0, 0.05) is 45.4 Å². The Morgan fingerprint density at radius 2 is 1.56 bits per heavy atom. The average Bonchev–Trinajstić information content (AvgIpc) is 3.62. The predicted molar refractivity (Wildman–Crippen MR) is 230 cm³/mol. The first kappa shape index (κ1) is 50.9. The van der Waals surface area contributed by atoms with E-state index in [1.807, 2.05) is 46.8 Å². The van der Waals surface area contributed by atoms with Crippen LogP contribution in [-0.4, -0.2) is 147 Å². The highest BCUT2D eigenvalue weighted by atomic mass is 16.7. The molecule has 3 rings (SSSR count). The summed E-state index contributed by atoms with van der Waals surface area (Å²) in [5.74, 6) is -2.76. The molecule has 18 nitrogen and oxygen atoms in total. The predicted octanol–water partition coefficient (Wildman–Crippen LogP) is 4.08. The van der Waals surface area contributed by atoms with Gasteiger partial charge in [-0.1, -0.05) is 57.9 Å². The second-order valence-electron chi connectivity index (χ2n) is 16.3. The van der Waals surface area contributed by atoms with Crippen LogP contribution in [0.3, 0.4) is 0 Å². The number of carbonyl (C=O) groups excluding carboxylic acids is 6. The summed E-state index contributed by atoms with van der Waals surface area (Å²) in [4.78, 5) is 95.9. The Balaban J connectivity index is 1.84. The largest absolute Gasteiger partial charge is 0.514 e. The van der Waals surface area contributed by atoms with Crippen LogP contribution < -0.4 is 15.4 Å². The molecule has 1 fully saturated rings. The second kappa shape index (κ2) is 23.7. The van der Waals surface area contributed by atoms with E-state index in [0.29, 0.717) is 18.4 Å². The number of ketones is 1. The molecular weight excluding hydrogens is 805 g/mol. The van der Waals surface area contributed by atoms with Crippen molar-refractivity contribution in [1.82, 2.24) is 25.3 Å². The molecule has 5 unspecified atom stereocenters. The fourth-order valence-electron chi connectivity index (χ4n) is 8.10. The van der Waals surface area contributed by atoms with Gasteiger partial charge in [0.1, 0.15) is 11.9 Å². The van der Waals surface area contributed by atoms with Gasteiger partial charge in [-0.25, -0.2) is 4.79 Å². The molecule has 0 spiro atoms. The van der Waals surface area contributed by atoms with Crippen molar-refractivity contribution >= 4 is 41.3 Å². The number of nitro benzene ring substituents is 1. The maximum absolute atomic E-state index is 14.4. The number of ether oxygens (including phenoxy) is 4. The number of nitro groups is 1. The Morgan fingerprint density at radius 1 is 0.919 bits per heavy atom. The van der Waals surface area contributed by atoms with E-state index in [0.717, 1.165) is 11.1 Å². The molecule has 2 aromatic rings. The van der Waals surface area contributed by atoms with E-state index >= 15 is 0 Å². The molecule has 62 heavy (non-hydrogen) atoms. The Hall–Kier alpha value is -5.46. The summed E-state index contributed by atoms with van der Waals surface area (Å²) in [6.45, 7) is 10.5. The summed E-state index contributed by atoms with van der Waals surface area (Å²) < 4.78 is 22.7. The second-order valence-corrected chi connectivity index (χ2v) is 16.3. The van der Waals surface area contributed by atoms with Crippen molar-refractivity contribution < 1.29 is 52.6 Å². The standard InChI is InChI=1S/C44H64N6O12/c1-12-13-34(48(9)39(53)24-46-43(55)40(26(2)3)47(7)8)37(59-10)22-38(52)49-25-32(62-44(56)61-31-17-15-30(16-18-31)50(57)58)21-35(49)41(60-11)29(6)42(54)45-23-36(51)33-19-14-27(4)20-28(33)5/h14-20,26,29,32,34-35,37,40-41H,12-13,21-25H2,1-11H3,(H,45,54)(H,46,55)/t29?,32?,34-,35-,37?,40?,41?/m0/s1. The first-order valence-corrected chi connectivity index (χ1v) is 20.8. The maximum atomic E-state index is 14.4. The van der Waals surface area contributed by atoms with Crippen LogP contribution in [0.25, 0.3) is 0 Å². The molecule has 1 aliphatic rings. The van der Waals surface area contributed by atoms with E-state index in [1.165, 1.54) is 48.3 Å². The van der Waals surface area contributed by atoms with E-state index in [1.54, 1.807) is 39.0 Å². The summed E-state index contributed by atoms with van der Waals surface area (Å²) in [6, 6.07) is 8.43. The number of methoxy groups -OCH3 is 2. The lowest BCUT2D eigenvalue weighted by molar-refractivity contribution is -0.384. The number of carbonyl (C=O) groups is 6. The Morgan fingerprint density at radius 3 is 2.11 bits per heavy atom. The molecule has 1 saturated heterocycles. The van der Waals surface area contributed by atoms with Crippen molar-refractivity contribution in [2.24, 2.45) is 11.8 Å². The third-order valence-electron chi connectivity index (χ3n) is 11.3. The smallest absolute Gasteiger partial charge is 0.429 e. The first-order chi connectivity index (χ1) is 29.2. The van der Waals surface area contributed by atoms with Crippen molar-refractivity contribution in [3.63, 3.8) is 0 Å². The van der Waals surface area contributed by atoms with Crippen molar-refractivity contribution in [2.75, 3.05) is 55.0 Å². The number of likely N-dealkylation sites (tertiary alicyclic amines) is 1. The molecule has 1 aliphatic heterocycles. The number of rotatable bonds is 22. The lowest BCUT2D eigenvalue weighted by Gasteiger charge is -2.37. The summed E-state index contributed by atoms with van der Waals surface area (Å²) in [5.41, 5.74) is 2.06. The van der Waals surface area contributed by atoms with Crippen molar-refractivity contribution in [2.45, 2.75) is 104 Å². The third-order valence-corrected chi connectivity index (χ3v) is 11.3.